The molecule has 0 unspecified atom stereocenters. The molecule has 2 aromatic rings. The molecule has 0 N–H and O–H groups in total. The molecule has 2 atom stereocenters. The number of carbonyl (C=O) groups excluding carboxylic acids is 1. The van der Waals surface area contributed by atoms with Gasteiger partial charge in [0.2, 0.25) is 5.91 Å². The average molecular weight is 329 g/mol. The van der Waals surface area contributed by atoms with Crippen LogP contribution in [0, 0.1) is 0 Å². The molecule has 2 heterocycles. The Labute approximate surface area is 142 Å². The van der Waals surface area contributed by atoms with E-state index in [0.29, 0.717) is 11.5 Å². The molecule has 1 aromatic carbocycles. The molecule has 1 saturated heterocycles. The van der Waals surface area contributed by atoms with Gasteiger partial charge in [-0.25, -0.2) is 4.98 Å². The van der Waals surface area contributed by atoms with E-state index in [4.69, 9.17) is 9.47 Å². The zero-order valence-electron chi connectivity index (χ0n) is 14.3. The van der Waals surface area contributed by atoms with Gasteiger partial charge < -0.3 is 18.9 Å². The Morgan fingerprint density at radius 1 is 1.29 bits per heavy atom. The van der Waals surface area contributed by atoms with Gasteiger partial charge in [-0.3, -0.25) is 4.79 Å². The lowest BCUT2D eigenvalue weighted by Gasteiger charge is -2.28. The molecule has 0 bridgehead atoms. The molecule has 1 amide bonds. The first kappa shape index (κ1) is 16.4. The fourth-order valence-corrected chi connectivity index (χ4v) is 3.30. The van der Waals surface area contributed by atoms with Crippen molar-refractivity contribution in [2.24, 2.45) is 0 Å². The van der Waals surface area contributed by atoms with Gasteiger partial charge >= 0.3 is 0 Å². The Morgan fingerprint density at radius 3 is 2.75 bits per heavy atom. The Morgan fingerprint density at radius 2 is 2.08 bits per heavy atom. The molecule has 6 heteroatoms. The van der Waals surface area contributed by atoms with E-state index in [9.17, 15) is 4.79 Å². The third-order valence-corrected chi connectivity index (χ3v) is 4.66. The number of aromatic nitrogens is 2. The van der Waals surface area contributed by atoms with Crippen LogP contribution in [-0.2, 0) is 4.79 Å². The molecule has 1 aliphatic rings. The number of amides is 1. The number of rotatable bonds is 5. The molecule has 0 aliphatic carbocycles. The second-order valence-corrected chi connectivity index (χ2v) is 5.99. The number of imidazole rings is 1. The van der Waals surface area contributed by atoms with Gasteiger partial charge in [0, 0.05) is 18.9 Å². The zero-order chi connectivity index (χ0) is 17.1. The molecule has 128 valence electrons. The minimum atomic E-state index is -0.256. The highest BCUT2D eigenvalue weighted by molar-refractivity contribution is 5.81. The number of hydrogen-bond acceptors (Lipinski definition) is 4. The lowest BCUT2D eigenvalue weighted by Crippen LogP contribution is -2.35. The van der Waals surface area contributed by atoms with Gasteiger partial charge in [-0.2, -0.15) is 0 Å². The van der Waals surface area contributed by atoms with Crippen molar-refractivity contribution in [1.29, 1.82) is 0 Å². The van der Waals surface area contributed by atoms with E-state index in [1.165, 1.54) is 0 Å². The topological polar surface area (TPSA) is 56.6 Å². The van der Waals surface area contributed by atoms with Gasteiger partial charge in [0.15, 0.2) is 11.5 Å². The van der Waals surface area contributed by atoms with E-state index in [1.54, 1.807) is 26.7 Å². The number of methoxy groups -OCH3 is 2. The predicted molar refractivity (Wildman–Crippen MR) is 90.2 cm³/mol. The maximum Gasteiger partial charge on any atom is 0.245 e. The minimum Gasteiger partial charge on any atom is -0.493 e. The summed E-state index contributed by atoms with van der Waals surface area (Å²) in [5.74, 6) is 1.51. The standard InChI is InChI=1S/C18H23N3O3/c1-13(20-10-8-19-12-20)18(22)21-9-4-5-15(21)14-6-7-16(23-2)17(11-14)24-3/h6-8,10-13,15H,4-5,9H2,1-3H3/t13-,15+/m1/s1. The average Bonchev–Trinajstić information content (AvgIpc) is 3.31. The van der Waals surface area contributed by atoms with Crippen LogP contribution in [0.1, 0.15) is 37.4 Å². The monoisotopic (exact) mass is 329 g/mol. The van der Waals surface area contributed by atoms with Crippen LogP contribution in [-0.4, -0.2) is 41.1 Å². The summed E-state index contributed by atoms with van der Waals surface area (Å²) in [5, 5.41) is 0. The molecular weight excluding hydrogens is 306 g/mol. The van der Waals surface area contributed by atoms with E-state index < -0.39 is 0 Å². The maximum absolute atomic E-state index is 12.9. The molecule has 24 heavy (non-hydrogen) atoms. The lowest BCUT2D eigenvalue weighted by molar-refractivity contribution is -0.135. The van der Waals surface area contributed by atoms with Crippen molar-refractivity contribution in [2.75, 3.05) is 20.8 Å². The van der Waals surface area contributed by atoms with Crippen LogP contribution in [0.2, 0.25) is 0 Å². The highest BCUT2D eigenvalue weighted by Gasteiger charge is 2.33. The summed E-state index contributed by atoms with van der Waals surface area (Å²) in [6.07, 6.45) is 7.16. The van der Waals surface area contributed by atoms with Crippen molar-refractivity contribution in [1.82, 2.24) is 14.5 Å². The van der Waals surface area contributed by atoms with E-state index in [2.05, 4.69) is 4.98 Å². The fourth-order valence-electron chi connectivity index (χ4n) is 3.30. The lowest BCUT2D eigenvalue weighted by atomic mass is 10.0. The number of nitrogens with zero attached hydrogens (tertiary/aromatic N) is 3. The number of carbonyl (C=O) groups is 1. The molecule has 0 spiro atoms. The van der Waals surface area contributed by atoms with Crippen LogP contribution in [0.15, 0.2) is 36.9 Å². The number of likely N-dealkylation sites (tertiary alicyclic amines) is 1. The second kappa shape index (κ2) is 6.95. The molecule has 0 saturated carbocycles. The van der Waals surface area contributed by atoms with E-state index >= 15 is 0 Å². The Kier molecular flexibility index (Phi) is 4.74. The van der Waals surface area contributed by atoms with Crippen molar-refractivity contribution >= 4 is 5.91 Å². The zero-order valence-corrected chi connectivity index (χ0v) is 14.3. The molecule has 1 aromatic heterocycles. The predicted octanol–water partition coefficient (Wildman–Crippen LogP) is 2.83. The van der Waals surface area contributed by atoms with Crippen molar-refractivity contribution < 1.29 is 14.3 Å². The summed E-state index contributed by atoms with van der Waals surface area (Å²) < 4.78 is 12.5. The van der Waals surface area contributed by atoms with Crippen LogP contribution in [0.4, 0.5) is 0 Å². The summed E-state index contributed by atoms with van der Waals surface area (Å²) in [5.41, 5.74) is 1.08. The van der Waals surface area contributed by atoms with Gasteiger partial charge in [-0.15, -0.1) is 0 Å². The summed E-state index contributed by atoms with van der Waals surface area (Å²) >= 11 is 0. The Bertz CT molecular complexity index is 700. The molecule has 6 nitrogen and oxygen atoms in total. The van der Waals surface area contributed by atoms with Crippen LogP contribution >= 0.6 is 0 Å². The molecule has 1 aliphatic heterocycles. The Balaban J connectivity index is 1.84. The van der Waals surface area contributed by atoms with E-state index in [0.717, 1.165) is 24.9 Å². The van der Waals surface area contributed by atoms with Crippen molar-refractivity contribution in [3.8, 4) is 11.5 Å². The van der Waals surface area contributed by atoms with Gasteiger partial charge in [0.05, 0.1) is 26.6 Å². The number of hydrogen-bond donors (Lipinski definition) is 0. The largest absolute Gasteiger partial charge is 0.493 e. The van der Waals surface area contributed by atoms with Crippen LogP contribution in [0.5, 0.6) is 11.5 Å². The second-order valence-electron chi connectivity index (χ2n) is 5.99. The molecular formula is C18H23N3O3. The first-order valence-corrected chi connectivity index (χ1v) is 8.15. The van der Waals surface area contributed by atoms with Gasteiger partial charge in [-0.05, 0) is 37.5 Å². The van der Waals surface area contributed by atoms with Crippen molar-refractivity contribution in [3.05, 3.63) is 42.5 Å². The van der Waals surface area contributed by atoms with E-state index in [1.807, 2.05) is 40.8 Å². The maximum atomic E-state index is 12.9. The SMILES string of the molecule is COc1ccc([C@@H]2CCCN2C(=O)[C@@H](C)n2ccnc2)cc1OC. The highest BCUT2D eigenvalue weighted by Crippen LogP contribution is 2.37. The number of ether oxygens (including phenoxy) is 2. The molecule has 3 rings (SSSR count). The third kappa shape index (κ3) is 2.96. The molecule has 1 fully saturated rings. The van der Waals surface area contributed by atoms with Gasteiger partial charge in [0.25, 0.3) is 0 Å². The van der Waals surface area contributed by atoms with Crippen molar-refractivity contribution in [2.45, 2.75) is 31.8 Å². The molecule has 0 radical (unpaired) electrons. The van der Waals surface area contributed by atoms with Crippen LogP contribution < -0.4 is 9.47 Å². The van der Waals surface area contributed by atoms with Gasteiger partial charge in [0.1, 0.15) is 6.04 Å². The normalized spacial score (nSPS) is 18.5. The smallest absolute Gasteiger partial charge is 0.245 e. The third-order valence-electron chi connectivity index (χ3n) is 4.66. The van der Waals surface area contributed by atoms with Crippen LogP contribution in [0.25, 0.3) is 0 Å². The minimum absolute atomic E-state index is 0.0725. The number of benzene rings is 1. The highest BCUT2D eigenvalue weighted by atomic mass is 16.5. The first-order chi connectivity index (χ1) is 11.7. The summed E-state index contributed by atoms with van der Waals surface area (Å²) in [6, 6.07) is 5.70. The summed E-state index contributed by atoms with van der Waals surface area (Å²) in [6.45, 7) is 2.69. The van der Waals surface area contributed by atoms with Crippen molar-refractivity contribution in [3.63, 3.8) is 0 Å². The first-order valence-electron chi connectivity index (χ1n) is 8.15. The van der Waals surface area contributed by atoms with Gasteiger partial charge in [-0.1, -0.05) is 6.07 Å². The summed E-state index contributed by atoms with van der Waals surface area (Å²) in [4.78, 5) is 18.9. The van der Waals surface area contributed by atoms with Crippen LogP contribution in [0.3, 0.4) is 0 Å². The Hall–Kier alpha value is -2.50. The summed E-state index contributed by atoms with van der Waals surface area (Å²) in [7, 11) is 3.25. The van der Waals surface area contributed by atoms with E-state index in [-0.39, 0.29) is 18.0 Å². The fraction of sp³-hybridized carbons (Fsp3) is 0.444. The quantitative estimate of drug-likeness (QED) is 0.846.